The van der Waals surface area contributed by atoms with Gasteiger partial charge in [0.05, 0.1) is 26.3 Å². The molecule has 1 heterocycles. The van der Waals surface area contributed by atoms with Crippen LogP contribution in [-0.4, -0.2) is 67.7 Å². The van der Waals surface area contributed by atoms with Crippen LogP contribution in [0.2, 0.25) is 0 Å². The third-order valence-electron chi connectivity index (χ3n) is 4.44. The number of amides is 3. The number of carbonyl (C=O) groups excluding carboxylic acids is 3. The molecule has 28 heavy (non-hydrogen) atoms. The Balaban J connectivity index is 1.74. The molecule has 154 valence electrons. The van der Waals surface area contributed by atoms with Crippen LogP contribution in [-0.2, 0) is 19.1 Å². The van der Waals surface area contributed by atoms with Gasteiger partial charge in [0.25, 0.3) is 0 Å². The Morgan fingerprint density at radius 3 is 2.68 bits per heavy atom. The number of benzene rings is 1. The molecule has 0 radical (unpaired) electrons. The molecule has 2 unspecified atom stereocenters. The van der Waals surface area contributed by atoms with E-state index in [2.05, 4.69) is 5.32 Å². The monoisotopic (exact) mass is 395 g/mol. The molecule has 1 aromatic rings. The van der Waals surface area contributed by atoms with E-state index in [-0.39, 0.29) is 38.4 Å². The van der Waals surface area contributed by atoms with Crippen molar-refractivity contribution in [1.29, 1.82) is 0 Å². The average Bonchev–Trinajstić information content (AvgIpc) is 3.02. The maximum atomic E-state index is 14.7. The lowest BCUT2D eigenvalue weighted by Crippen LogP contribution is -2.47. The fraction of sp³-hybridized carbons (Fsp3) is 0.526. The first-order chi connectivity index (χ1) is 13.3. The largest absolute Gasteiger partial charge is 0.494 e. The smallest absolute Gasteiger partial charge is 0.242 e. The second-order valence-corrected chi connectivity index (χ2v) is 6.77. The first-order valence-electron chi connectivity index (χ1n) is 9.06. The van der Waals surface area contributed by atoms with Gasteiger partial charge in [-0.05, 0) is 18.6 Å². The zero-order valence-corrected chi connectivity index (χ0v) is 15.9. The maximum Gasteiger partial charge on any atom is 0.242 e. The summed E-state index contributed by atoms with van der Waals surface area (Å²) in [5, 5.41) is 2.49. The van der Waals surface area contributed by atoms with Gasteiger partial charge in [0.1, 0.15) is 11.8 Å². The number of rotatable bonds is 10. The number of methoxy groups -OCH3 is 1. The molecule has 0 spiro atoms. The molecule has 2 rings (SSSR count). The number of likely N-dealkylation sites (tertiary alicyclic amines) is 1. The van der Waals surface area contributed by atoms with Crippen LogP contribution in [0.4, 0.5) is 4.39 Å². The van der Waals surface area contributed by atoms with Gasteiger partial charge in [0.2, 0.25) is 17.7 Å². The number of hydrogen-bond donors (Lipinski definition) is 2. The summed E-state index contributed by atoms with van der Waals surface area (Å²) < 4.78 is 25.0. The van der Waals surface area contributed by atoms with Crippen LogP contribution in [0.15, 0.2) is 30.3 Å². The van der Waals surface area contributed by atoms with Crippen molar-refractivity contribution in [3.8, 4) is 5.75 Å². The number of nitrogens with two attached hydrogens (primary N) is 1. The highest BCUT2D eigenvalue weighted by atomic mass is 19.1. The molecular weight excluding hydrogens is 369 g/mol. The van der Waals surface area contributed by atoms with Gasteiger partial charge in [-0.2, -0.15) is 0 Å². The zero-order chi connectivity index (χ0) is 20.6. The number of ether oxygens (including phenoxy) is 2. The van der Waals surface area contributed by atoms with Crippen molar-refractivity contribution in [2.24, 2.45) is 5.73 Å². The summed E-state index contributed by atoms with van der Waals surface area (Å²) in [6, 6.07) is 8.16. The van der Waals surface area contributed by atoms with Crippen molar-refractivity contribution in [2.45, 2.75) is 31.0 Å². The first-order valence-corrected chi connectivity index (χ1v) is 9.06. The second kappa shape index (κ2) is 10.0. The van der Waals surface area contributed by atoms with Crippen LogP contribution < -0.4 is 15.8 Å². The van der Waals surface area contributed by atoms with Gasteiger partial charge in [-0.3, -0.25) is 14.4 Å². The molecular formula is C19H26FN3O5. The number of nitrogens with zero attached hydrogens (tertiary/aromatic N) is 1. The minimum Gasteiger partial charge on any atom is -0.494 e. The summed E-state index contributed by atoms with van der Waals surface area (Å²) in [7, 11) is 1.34. The zero-order valence-electron chi connectivity index (χ0n) is 15.9. The van der Waals surface area contributed by atoms with E-state index in [1.165, 1.54) is 7.11 Å². The third-order valence-corrected chi connectivity index (χ3v) is 4.44. The Bertz CT molecular complexity index is 687. The predicted octanol–water partition coefficient (Wildman–Crippen LogP) is 0.403. The Hall–Kier alpha value is -2.68. The minimum atomic E-state index is -1.83. The SMILES string of the molecule is COCC1(F)CC(C(N)=O)N(C(=O)CNC(=O)CCCOc2ccccc2)C1. The summed E-state index contributed by atoms with van der Waals surface area (Å²) in [6.45, 7) is -0.504. The predicted molar refractivity (Wildman–Crippen MR) is 99.2 cm³/mol. The van der Waals surface area contributed by atoms with Crippen molar-refractivity contribution in [3.05, 3.63) is 30.3 Å². The number of halogens is 1. The molecule has 1 aliphatic heterocycles. The fourth-order valence-corrected chi connectivity index (χ4v) is 3.12. The van der Waals surface area contributed by atoms with E-state index in [0.717, 1.165) is 10.6 Å². The molecule has 2 atom stereocenters. The summed E-state index contributed by atoms with van der Waals surface area (Å²) in [5.74, 6) is -0.958. The lowest BCUT2D eigenvalue weighted by atomic mass is 10.0. The van der Waals surface area contributed by atoms with E-state index in [9.17, 15) is 18.8 Å². The molecule has 1 fully saturated rings. The van der Waals surface area contributed by atoms with Crippen LogP contribution in [0, 0.1) is 0 Å². The average molecular weight is 395 g/mol. The van der Waals surface area contributed by atoms with Crippen molar-refractivity contribution in [1.82, 2.24) is 10.2 Å². The fourth-order valence-electron chi connectivity index (χ4n) is 3.12. The number of para-hydroxylation sites is 1. The van der Waals surface area contributed by atoms with E-state index >= 15 is 0 Å². The number of primary amides is 1. The van der Waals surface area contributed by atoms with Gasteiger partial charge < -0.3 is 25.4 Å². The molecule has 1 aromatic carbocycles. The lowest BCUT2D eigenvalue weighted by molar-refractivity contribution is -0.137. The summed E-state index contributed by atoms with van der Waals surface area (Å²) in [6.07, 6.45) is 0.437. The van der Waals surface area contributed by atoms with Crippen LogP contribution >= 0.6 is 0 Å². The van der Waals surface area contributed by atoms with Crippen LogP contribution in [0.5, 0.6) is 5.75 Å². The Labute approximate surface area is 163 Å². The first kappa shape index (κ1) is 21.6. The third kappa shape index (κ3) is 6.19. The van der Waals surface area contributed by atoms with E-state index in [1.807, 2.05) is 30.3 Å². The normalized spacial score (nSPS) is 21.4. The van der Waals surface area contributed by atoms with Gasteiger partial charge in [-0.1, -0.05) is 18.2 Å². The highest BCUT2D eigenvalue weighted by molar-refractivity contribution is 5.90. The summed E-state index contributed by atoms with van der Waals surface area (Å²) in [5.41, 5.74) is 3.46. The van der Waals surface area contributed by atoms with Gasteiger partial charge in [-0.15, -0.1) is 0 Å². The molecule has 9 heteroatoms. The molecule has 3 amide bonds. The Morgan fingerprint density at radius 2 is 2.04 bits per heavy atom. The van der Waals surface area contributed by atoms with Crippen LogP contribution in [0.25, 0.3) is 0 Å². The molecule has 0 bridgehead atoms. The van der Waals surface area contributed by atoms with Gasteiger partial charge >= 0.3 is 0 Å². The second-order valence-electron chi connectivity index (χ2n) is 6.77. The number of carbonyl (C=O) groups is 3. The quantitative estimate of drug-likeness (QED) is 0.557. The lowest BCUT2D eigenvalue weighted by Gasteiger charge is -2.22. The molecule has 3 N–H and O–H groups in total. The van der Waals surface area contributed by atoms with Crippen molar-refractivity contribution in [3.63, 3.8) is 0 Å². The number of nitrogens with one attached hydrogen (secondary N) is 1. The van der Waals surface area contributed by atoms with Gasteiger partial charge in [0.15, 0.2) is 5.67 Å². The van der Waals surface area contributed by atoms with Crippen molar-refractivity contribution < 1.29 is 28.2 Å². The summed E-state index contributed by atoms with van der Waals surface area (Å²) in [4.78, 5) is 36.9. The topological polar surface area (TPSA) is 111 Å². The Morgan fingerprint density at radius 1 is 1.32 bits per heavy atom. The molecule has 0 aliphatic carbocycles. The molecule has 8 nitrogen and oxygen atoms in total. The number of hydrogen-bond acceptors (Lipinski definition) is 5. The molecule has 1 saturated heterocycles. The molecule has 0 saturated carbocycles. The molecule has 0 aromatic heterocycles. The summed E-state index contributed by atoms with van der Waals surface area (Å²) >= 11 is 0. The molecule has 1 aliphatic rings. The van der Waals surface area contributed by atoms with E-state index in [1.54, 1.807) is 0 Å². The standard InChI is InChI=1S/C19H26FN3O5/c1-27-13-19(20)10-15(18(21)26)23(12-19)17(25)11-22-16(24)8-5-9-28-14-6-3-2-4-7-14/h2-4,6-7,15H,5,8-13H2,1H3,(H2,21,26)(H,22,24). The van der Waals surface area contributed by atoms with Crippen LogP contribution in [0.1, 0.15) is 19.3 Å². The highest BCUT2D eigenvalue weighted by Gasteiger charge is 2.48. The van der Waals surface area contributed by atoms with Crippen molar-refractivity contribution >= 4 is 17.7 Å². The highest BCUT2D eigenvalue weighted by Crippen LogP contribution is 2.31. The van der Waals surface area contributed by atoms with E-state index in [0.29, 0.717) is 13.0 Å². The Kier molecular flexibility index (Phi) is 7.74. The van der Waals surface area contributed by atoms with Crippen molar-refractivity contribution in [2.75, 3.05) is 33.4 Å². The van der Waals surface area contributed by atoms with Gasteiger partial charge in [0, 0.05) is 20.0 Å². The van der Waals surface area contributed by atoms with Crippen LogP contribution in [0.3, 0.4) is 0 Å². The minimum absolute atomic E-state index is 0.177. The maximum absolute atomic E-state index is 14.7. The van der Waals surface area contributed by atoms with Gasteiger partial charge in [-0.25, -0.2) is 4.39 Å². The van der Waals surface area contributed by atoms with E-state index < -0.39 is 23.5 Å². The number of alkyl halides is 1. The van der Waals surface area contributed by atoms with E-state index in [4.69, 9.17) is 15.2 Å².